The second-order valence-electron chi connectivity index (χ2n) is 7.46. The number of pyridine rings is 1. The van der Waals surface area contributed by atoms with Crippen molar-refractivity contribution in [3.05, 3.63) is 59.6 Å². The molecule has 0 spiro atoms. The predicted octanol–water partition coefficient (Wildman–Crippen LogP) is 3.58. The molecule has 4 rings (SSSR count). The molecule has 3 heterocycles. The summed E-state index contributed by atoms with van der Waals surface area (Å²) in [5.41, 5.74) is 0.976. The lowest BCUT2D eigenvalue weighted by molar-refractivity contribution is 0.0907. The minimum atomic E-state index is -0.712. The number of aromatic nitrogens is 3. The van der Waals surface area contributed by atoms with Crippen LogP contribution >= 0.6 is 0 Å². The second kappa shape index (κ2) is 8.56. The maximum Gasteiger partial charge on any atom is 0.316 e. The van der Waals surface area contributed by atoms with E-state index in [4.69, 9.17) is 4.52 Å². The Hall–Kier alpha value is -3.36. The van der Waals surface area contributed by atoms with E-state index in [2.05, 4.69) is 32.3 Å². The molecule has 1 saturated heterocycles. The Kier molecular flexibility index (Phi) is 5.69. The van der Waals surface area contributed by atoms with Crippen LogP contribution in [0.2, 0.25) is 0 Å². The van der Waals surface area contributed by atoms with Crippen molar-refractivity contribution in [1.82, 2.24) is 20.4 Å². The maximum atomic E-state index is 13.3. The normalized spacial score (nSPS) is 14.7. The standard InChI is InChI=1S/C21H21F2N5O2/c1-13-3-6-28(7-4-13)18-10-15(2-5-24-18)19-26-21(30-27-19)20(29)25-12-14-8-16(22)11-17(23)9-14/h2,5,8-11,13H,3-4,6-7,12H2,1H3,(H,25,29). The molecule has 1 aliphatic rings. The molecule has 0 aliphatic carbocycles. The van der Waals surface area contributed by atoms with E-state index in [1.54, 1.807) is 12.3 Å². The van der Waals surface area contributed by atoms with Gasteiger partial charge in [0.1, 0.15) is 17.5 Å². The molecule has 0 atom stereocenters. The summed E-state index contributed by atoms with van der Waals surface area (Å²) in [4.78, 5) is 23.1. The molecule has 3 aromatic rings. The van der Waals surface area contributed by atoms with Gasteiger partial charge in [0.15, 0.2) is 0 Å². The lowest BCUT2D eigenvalue weighted by Gasteiger charge is -2.31. The van der Waals surface area contributed by atoms with Crippen molar-refractivity contribution in [2.24, 2.45) is 5.92 Å². The summed E-state index contributed by atoms with van der Waals surface area (Å²) in [6.45, 7) is 4.06. The number of amides is 1. The molecule has 7 nitrogen and oxygen atoms in total. The van der Waals surface area contributed by atoms with Crippen molar-refractivity contribution in [2.45, 2.75) is 26.3 Å². The first kappa shape index (κ1) is 19.9. The van der Waals surface area contributed by atoms with Crippen LogP contribution in [0.4, 0.5) is 14.6 Å². The molecule has 1 aliphatic heterocycles. The fourth-order valence-corrected chi connectivity index (χ4v) is 3.37. The molecule has 156 valence electrons. The molecule has 0 unspecified atom stereocenters. The zero-order chi connectivity index (χ0) is 21.1. The minimum absolute atomic E-state index is 0.0714. The van der Waals surface area contributed by atoms with E-state index in [-0.39, 0.29) is 23.8 Å². The Balaban J connectivity index is 1.43. The van der Waals surface area contributed by atoms with Crippen molar-refractivity contribution < 1.29 is 18.1 Å². The number of carbonyl (C=O) groups excluding carboxylic acids is 1. The third kappa shape index (κ3) is 4.61. The Bertz CT molecular complexity index is 1030. The van der Waals surface area contributed by atoms with Gasteiger partial charge in [0.2, 0.25) is 5.82 Å². The number of hydrogen-bond acceptors (Lipinski definition) is 6. The Morgan fingerprint density at radius 2 is 1.93 bits per heavy atom. The highest BCUT2D eigenvalue weighted by molar-refractivity contribution is 5.89. The average Bonchev–Trinajstić information content (AvgIpc) is 3.22. The Morgan fingerprint density at radius 3 is 2.67 bits per heavy atom. The number of rotatable bonds is 5. The predicted molar refractivity (Wildman–Crippen MR) is 106 cm³/mol. The Morgan fingerprint density at radius 1 is 1.20 bits per heavy atom. The van der Waals surface area contributed by atoms with Gasteiger partial charge in [-0.05, 0) is 48.6 Å². The molecule has 1 amide bonds. The summed E-state index contributed by atoms with van der Waals surface area (Å²) >= 11 is 0. The molecular weight excluding hydrogens is 392 g/mol. The fraction of sp³-hybridized carbons (Fsp3) is 0.333. The van der Waals surface area contributed by atoms with Crippen molar-refractivity contribution in [1.29, 1.82) is 0 Å². The lowest BCUT2D eigenvalue weighted by Crippen LogP contribution is -2.33. The molecule has 0 radical (unpaired) electrons. The number of carbonyl (C=O) groups is 1. The topological polar surface area (TPSA) is 84.2 Å². The summed E-state index contributed by atoms with van der Waals surface area (Å²) in [7, 11) is 0. The number of anilines is 1. The van der Waals surface area contributed by atoms with Crippen LogP contribution in [0.3, 0.4) is 0 Å². The lowest BCUT2D eigenvalue weighted by atomic mass is 9.99. The molecule has 1 N–H and O–H groups in total. The summed E-state index contributed by atoms with van der Waals surface area (Å²) in [5.74, 6) is -0.461. The summed E-state index contributed by atoms with van der Waals surface area (Å²) < 4.78 is 31.6. The van der Waals surface area contributed by atoms with E-state index in [1.807, 2.05) is 6.07 Å². The zero-order valence-corrected chi connectivity index (χ0v) is 16.4. The van der Waals surface area contributed by atoms with Gasteiger partial charge < -0.3 is 14.7 Å². The summed E-state index contributed by atoms with van der Waals surface area (Å²) in [6.07, 6.45) is 3.92. The van der Waals surface area contributed by atoms with E-state index in [0.717, 1.165) is 49.9 Å². The van der Waals surface area contributed by atoms with E-state index in [0.29, 0.717) is 11.5 Å². The first-order chi connectivity index (χ1) is 14.5. The monoisotopic (exact) mass is 413 g/mol. The smallest absolute Gasteiger partial charge is 0.316 e. The van der Waals surface area contributed by atoms with Gasteiger partial charge in [0.05, 0.1) is 0 Å². The zero-order valence-electron chi connectivity index (χ0n) is 16.4. The van der Waals surface area contributed by atoms with Gasteiger partial charge in [-0.25, -0.2) is 13.8 Å². The highest BCUT2D eigenvalue weighted by Crippen LogP contribution is 2.25. The number of nitrogens with one attached hydrogen (secondary N) is 1. The molecule has 0 bridgehead atoms. The first-order valence-corrected chi connectivity index (χ1v) is 9.76. The summed E-state index contributed by atoms with van der Waals surface area (Å²) in [6, 6.07) is 6.67. The molecule has 9 heteroatoms. The van der Waals surface area contributed by atoms with Crippen molar-refractivity contribution in [3.8, 4) is 11.4 Å². The van der Waals surface area contributed by atoms with Gasteiger partial charge in [-0.15, -0.1) is 0 Å². The van der Waals surface area contributed by atoms with E-state index < -0.39 is 17.5 Å². The summed E-state index contributed by atoms with van der Waals surface area (Å²) in [5, 5.41) is 6.39. The number of hydrogen-bond donors (Lipinski definition) is 1. The number of nitrogens with zero attached hydrogens (tertiary/aromatic N) is 4. The van der Waals surface area contributed by atoms with E-state index in [1.165, 1.54) is 0 Å². The third-order valence-corrected chi connectivity index (χ3v) is 5.11. The van der Waals surface area contributed by atoms with Crippen molar-refractivity contribution in [2.75, 3.05) is 18.0 Å². The minimum Gasteiger partial charge on any atom is -0.357 e. The van der Waals surface area contributed by atoms with Gasteiger partial charge in [0, 0.05) is 37.5 Å². The molecule has 2 aromatic heterocycles. The van der Waals surface area contributed by atoms with E-state index in [9.17, 15) is 13.6 Å². The maximum absolute atomic E-state index is 13.3. The van der Waals surface area contributed by atoms with Crippen molar-refractivity contribution in [3.63, 3.8) is 0 Å². The highest BCUT2D eigenvalue weighted by Gasteiger charge is 2.19. The fourth-order valence-electron chi connectivity index (χ4n) is 3.37. The van der Waals surface area contributed by atoms with Gasteiger partial charge in [-0.1, -0.05) is 12.1 Å². The van der Waals surface area contributed by atoms with Crippen LogP contribution in [0.25, 0.3) is 11.4 Å². The molecular formula is C21H21F2N5O2. The SMILES string of the molecule is CC1CCN(c2cc(-c3noc(C(=O)NCc4cc(F)cc(F)c4)n3)ccn2)CC1. The van der Waals surface area contributed by atoms with Crippen molar-refractivity contribution >= 4 is 11.7 Å². The quantitative estimate of drug-likeness (QED) is 0.688. The third-order valence-electron chi connectivity index (χ3n) is 5.11. The van der Waals surface area contributed by atoms with Crippen LogP contribution < -0.4 is 10.2 Å². The van der Waals surface area contributed by atoms with Gasteiger partial charge >= 0.3 is 11.8 Å². The highest BCUT2D eigenvalue weighted by atomic mass is 19.1. The van der Waals surface area contributed by atoms with Crippen LogP contribution in [0.15, 0.2) is 41.1 Å². The average molecular weight is 413 g/mol. The largest absolute Gasteiger partial charge is 0.357 e. The Labute approximate surface area is 172 Å². The van der Waals surface area contributed by atoms with Gasteiger partial charge in [0.25, 0.3) is 0 Å². The van der Waals surface area contributed by atoms with Gasteiger partial charge in [-0.3, -0.25) is 4.79 Å². The van der Waals surface area contributed by atoms with Crippen LogP contribution in [-0.2, 0) is 6.54 Å². The van der Waals surface area contributed by atoms with E-state index >= 15 is 0 Å². The molecule has 30 heavy (non-hydrogen) atoms. The van der Waals surface area contributed by atoms with Crippen LogP contribution in [0, 0.1) is 17.6 Å². The number of halogens is 2. The molecule has 1 aromatic carbocycles. The first-order valence-electron chi connectivity index (χ1n) is 9.76. The molecule has 0 saturated carbocycles. The number of benzene rings is 1. The van der Waals surface area contributed by atoms with Crippen LogP contribution in [0.5, 0.6) is 0 Å². The molecule has 1 fully saturated rings. The van der Waals surface area contributed by atoms with Gasteiger partial charge in [-0.2, -0.15) is 4.98 Å². The van der Waals surface area contributed by atoms with Crippen LogP contribution in [-0.4, -0.2) is 34.1 Å². The number of piperidine rings is 1. The second-order valence-corrected chi connectivity index (χ2v) is 7.46. The van der Waals surface area contributed by atoms with Crippen LogP contribution in [0.1, 0.15) is 36.0 Å².